The molecule has 0 aliphatic rings. The lowest BCUT2D eigenvalue weighted by molar-refractivity contribution is 0.0697. The fourth-order valence-corrected chi connectivity index (χ4v) is 2.11. The molecule has 0 aliphatic heterocycles. The van der Waals surface area contributed by atoms with Crippen LogP contribution >= 0.6 is 0 Å². The molecule has 0 radical (unpaired) electrons. The quantitative estimate of drug-likeness (QED) is 0.716. The lowest BCUT2D eigenvalue weighted by Crippen LogP contribution is -1.94. The van der Waals surface area contributed by atoms with E-state index in [0.29, 0.717) is 5.56 Å². The zero-order valence-electron chi connectivity index (χ0n) is 9.55. The molecule has 3 nitrogen and oxygen atoms in total. The number of fused-ring (bicyclic) bond motifs is 1. The predicted octanol–water partition coefficient (Wildman–Crippen LogP) is 3.53. The summed E-state index contributed by atoms with van der Waals surface area (Å²) in [5.74, 6) is -0.905. The van der Waals surface area contributed by atoms with Crippen molar-refractivity contribution in [2.24, 2.45) is 0 Å². The maximum atomic E-state index is 11.0. The summed E-state index contributed by atoms with van der Waals surface area (Å²) in [6.45, 7) is 0. The maximum Gasteiger partial charge on any atom is 0.335 e. The van der Waals surface area contributed by atoms with Crippen molar-refractivity contribution in [3.05, 3.63) is 60.3 Å². The van der Waals surface area contributed by atoms with Gasteiger partial charge in [0.2, 0.25) is 0 Å². The molecule has 2 aromatic carbocycles. The minimum atomic E-state index is -0.905. The van der Waals surface area contributed by atoms with E-state index in [0.717, 1.165) is 22.0 Å². The van der Waals surface area contributed by atoms with Crippen molar-refractivity contribution in [1.29, 1.82) is 0 Å². The van der Waals surface area contributed by atoms with Gasteiger partial charge in [0, 0.05) is 22.7 Å². The van der Waals surface area contributed by atoms with Crippen molar-refractivity contribution < 1.29 is 9.90 Å². The van der Waals surface area contributed by atoms with Crippen LogP contribution in [-0.2, 0) is 0 Å². The Morgan fingerprint density at radius 3 is 2.56 bits per heavy atom. The summed E-state index contributed by atoms with van der Waals surface area (Å²) in [6, 6.07) is 15.0. The van der Waals surface area contributed by atoms with Crippen molar-refractivity contribution in [2.45, 2.75) is 0 Å². The van der Waals surface area contributed by atoms with Gasteiger partial charge in [0.05, 0.1) is 5.56 Å². The van der Waals surface area contributed by atoms with Crippen LogP contribution in [0.1, 0.15) is 10.4 Å². The second-order valence-corrected chi connectivity index (χ2v) is 4.13. The summed E-state index contributed by atoms with van der Waals surface area (Å²) in [7, 11) is 0. The van der Waals surface area contributed by atoms with Crippen LogP contribution in [0.3, 0.4) is 0 Å². The first kappa shape index (κ1) is 10.6. The maximum absolute atomic E-state index is 11.0. The average molecular weight is 237 g/mol. The number of nitrogens with one attached hydrogen (secondary N) is 1. The number of carboxylic acids is 1. The van der Waals surface area contributed by atoms with Crippen LogP contribution in [0.4, 0.5) is 0 Å². The van der Waals surface area contributed by atoms with Gasteiger partial charge in [-0.1, -0.05) is 30.3 Å². The van der Waals surface area contributed by atoms with Gasteiger partial charge in [0.15, 0.2) is 0 Å². The van der Waals surface area contributed by atoms with Crippen LogP contribution in [0.5, 0.6) is 0 Å². The summed E-state index contributed by atoms with van der Waals surface area (Å²) in [5.41, 5.74) is 3.35. The van der Waals surface area contributed by atoms with Crippen LogP contribution in [0.25, 0.3) is 22.0 Å². The number of carbonyl (C=O) groups is 1. The fraction of sp³-hybridized carbons (Fsp3) is 0. The van der Waals surface area contributed by atoms with Crippen molar-refractivity contribution in [2.75, 3.05) is 0 Å². The standard InChI is InChI=1S/C15H11NO2/c17-15(18)11-6-7-14-12(8-11)13(9-16-14)10-4-2-1-3-5-10/h1-9,16H,(H,17,18). The molecule has 1 aromatic heterocycles. The van der Waals surface area contributed by atoms with E-state index in [1.807, 2.05) is 36.5 Å². The first-order valence-corrected chi connectivity index (χ1v) is 5.65. The summed E-state index contributed by atoms with van der Waals surface area (Å²) < 4.78 is 0. The van der Waals surface area contributed by atoms with Gasteiger partial charge in [-0.15, -0.1) is 0 Å². The Balaban J connectivity index is 2.24. The summed E-state index contributed by atoms with van der Waals surface area (Å²) in [5, 5.41) is 9.96. The summed E-state index contributed by atoms with van der Waals surface area (Å²) >= 11 is 0. The van der Waals surface area contributed by atoms with Gasteiger partial charge < -0.3 is 10.1 Å². The molecule has 1 heterocycles. The number of aromatic nitrogens is 1. The zero-order chi connectivity index (χ0) is 12.5. The lowest BCUT2D eigenvalue weighted by atomic mass is 10.0. The van der Waals surface area contributed by atoms with E-state index in [-0.39, 0.29) is 0 Å². The van der Waals surface area contributed by atoms with E-state index in [1.165, 1.54) is 0 Å². The molecule has 0 unspecified atom stereocenters. The summed E-state index contributed by atoms with van der Waals surface area (Å²) in [4.78, 5) is 14.2. The van der Waals surface area contributed by atoms with Gasteiger partial charge in [-0.25, -0.2) is 4.79 Å². The van der Waals surface area contributed by atoms with Crippen LogP contribution in [0, 0.1) is 0 Å². The molecule has 88 valence electrons. The SMILES string of the molecule is O=C(O)c1ccc2[nH]cc(-c3ccccc3)c2c1. The van der Waals surface area contributed by atoms with E-state index < -0.39 is 5.97 Å². The molecule has 18 heavy (non-hydrogen) atoms. The number of aromatic amines is 1. The van der Waals surface area contributed by atoms with Gasteiger partial charge in [-0.3, -0.25) is 0 Å². The van der Waals surface area contributed by atoms with E-state index in [1.54, 1.807) is 18.2 Å². The van der Waals surface area contributed by atoms with E-state index >= 15 is 0 Å². The molecule has 3 aromatic rings. The third-order valence-electron chi connectivity index (χ3n) is 3.01. The number of carboxylic acid groups (broad SMARTS) is 1. The van der Waals surface area contributed by atoms with Crippen molar-refractivity contribution in [3.8, 4) is 11.1 Å². The number of hydrogen-bond acceptors (Lipinski definition) is 1. The highest BCUT2D eigenvalue weighted by atomic mass is 16.4. The molecule has 0 aliphatic carbocycles. The molecule has 0 saturated heterocycles. The Morgan fingerprint density at radius 2 is 1.83 bits per heavy atom. The number of aromatic carboxylic acids is 1. The Kier molecular flexibility index (Phi) is 2.38. The number of H-pyrrole nitrogens is 1. The largest absolute Gasteiger partial charge is 0.478 e. The van der Waals surface area contributed by atoms with Gasteiger partial charge in [0.1, 0.15) is 0 Å². The van der Waals surface area contributed by atoms with Crippen LogP contribution in [0.2, 0.25) is 0 Å². The molecule has 3 heteroatoms. The highest BCUT2D eigenvalue weighted by Gasteiger charge is 2.09. The highest BCUT2D eigenvalue weighted by Crippen LogP contribution is 2.29. The van der Waals surface area contributed by atoms with Crippen molar-refractivity contribution in [1.82, 2.24) is 4.98 Å². The Labute approximate surface area is 104 Å². The van der Waals surface area contributed by atoms with E-state index in [9.17, 15) is 4.79 Å². The molecule has 0 spiro atoms. The number of hydrogen-bond donors (Lipinski definition) is 2. The van der Waals surface area contributed by atoms with E-state index in [2.05, 4.69) is 4.98 Å². The fourth-order valence-electron chi connectivity index (χ4n) is 2.11. The van der Waals surface area contributed by atoms with Crippen molar-refractivity contribution in [3.63, 3.8) is 0 Å². The van der Waals surface area contributed by atoms with Crippen molar-refractivity contribution >= 4 is 16.9 Å². The first-order chi connectivity index (χ1) is 8.75. The Hall–Kier alpha value is -2.55. The molecule has 0 amide bonds. The molecule has 2 N–H and O–H groups in total. The van der Waals surface area contributed by atoms with E-state index in [4.69, 9.17) is 5.11 Å². The lowest BCUT2D eigenvalue weighted by Gasteiger charge is -2.00. The minimum Gasteiger partial charge on any atom is -0.478 e. The molecule has 0 saturated carbocycles. The molecule has 0 bridgehead atoms. The first-order valence-electron chi connectivity index (χ1n) is 5.65. The second kappa shape index (κ2) is 4.04. The zero-order valence-corrected chi connectivity index (χ0v) is 9.55. The van der Waals surface area contributed by atoms with Crippen LogP contribution in [0.15, 0.2) is 54.7 Å². The summed E-state index contributed by atoms with van der Waals surface area (Å²) in [6.07, 6.45) is 1.91. The second-order valence-electron chi connectivity index (χ2n) is 4.13. The Morgan fingerprint density at radius 1 is 1.06 bits per heavy atom. The number of rotatable bonds is 2. The third-order valence-corrected chi connectivity index (χ3v) is 3.01. The van der Waals surface area contributed by atoms with Gasteiger partial charge in [-0.05, 0) is 23.8 Å². The molecular formula is C15H11NO2. The molecule has 0 fully saturated rings. The third kappa shape index (κ3) is 1.66. The highest BCUT2D eigenvalue weighted by molar-refractivity contribution is 6.00. The van der Waals surface area contributed by atoms with Gasteiger partial charge in [-0.2, -0.15) is 0 Å². The Bertz CT molecular complexity index is 714. The normalized spacial score (nSPS) is 10.7. The van der Waals surface area contributed by atoms with Crippen LogP contribution in [-0.4, -0.2) is 16.1 Å². The molecular weight excluding hydrogens is 226 g/mol. The topological polar surface area (TPSA) is 53.1 Å². The smallest absolute Gasteiger partial charge is 0.335 e. The average Bonchev–Trinajstić information content (AvgIpc) is 2.82. The molecule has 0 atom stereocenters. The monoisotopic (exact) mass is 237 g/mol. The molecule has 3 rings (SSSR count). The predicted molar refractivity (Wildman–Crippen MR) is 70.7 cm³/mol. The van der Waals surface area contributed by atoms with Crippen LogP contribution < -0.4 is 0 Å². The van der Waals surface area contributed by atoms with Gasteiger partial charge in [0.25, 0.3) is 0 Å². The minimum absolute atomic E-state index is 0.305. The van der Waals surface area contributed by atoms with Gasteiger partial charge >= 0.3 is 5.97 Å². The number of benzene rings is 2.